The Morgan fingerprint density at radius 3 is 2.56 bits per heavy atom. The summed E-state index contributed by atoms with van der Waals surface area (Å²) in [5, 5.41) is 8.08. The average molecular weight is 361 g/mol. The second kappa shape index (κ2) is 8.51. The minimum Gasteiger partial charge on any atom is -0.308 e. The van der Waals surface area contributed by atoms with Gasteiger partial charge in [0.25, 0.3) is 0 Å². The molecule has 4 heteroatoms. The molecule has 140 valence electrons. The van der Waals surface area contributed by atoms with Crippen molar-refractivity contribution in [1.82, 2.24) is 20.0 Å². The molecule has 2 atom stereocenters. The van der Waals surface area contributed by atoms with Gasteiger partial charge in [0.15, 0.2) is 0 Å². The normalized spacial score (nSPS) is 20.2. The van der Waals surface area contributed by atoms with Gasteiger partial charge in [-0.25, -0.2) is 0 Å². The van der Waals surface area contributed by atoms with Crippen LogP contribution < -0.4 is 5.32 Å². The van der Waals surface area contributed by atoms with Gasteiger partial charge in [-0.15, -0.1) is 0 Å². The molecule has 0 spiro atoms. The largest absolute Gasteiger partial charge is 0.308 e. The number of rotatable bonds is 7. The van der Waals surface area contributed by atoms with Crippen molar-refractivity contribution in [3.8, 4) is 0 Å². The molecule has 1 aliphatic heterocycles. The van der Waals surface area contributed by atoms with Crippen molar-refractivity contribution in [1.29, 1.82) is 0 Å². The molecule has 2 aromatic carbocycles. The van der Waals surface area contributed by atoms with Gasteiger partial charge >= 0.3 is 0 Å². The van der Waals surface area contributed by atoms with Crippen LogP contribution in [0.1, 0.15) is 23.6 Å². The van der Waals surface area contributed by atoms with E-state index in [0.717, 1.165) is 32.7 Å². The van der Waals surface area contributed by atoms with Gasteiger partial charge in [0, 0.05) is 44.6 Å². The summed E-state index contributed by atoms with van der Waals surface area (Å²) in [6, 6.07) is 22.1. The maximum atomic E-state index is 4.30. The topological polar surface area (TPSA) is 33.1 Å². The Labute approximate surface area is 161 Å². The van der Waals surface area contributed by atoms with Crippen LogP contribution in [0.15, 0.2) is 73.1 Å². The summed E-state index contributed by atoms with van der Waals surface area (Å²) in [4.78, 5) is 2.56. The molecule has 0 saturated carbocycles. The standard InChI is InChI=1S/C23H28N4/c1-19-15-26(16-20-7-3-2-4-8-20)18-23(19)24-14-21-9-5-10-22(13-21)17-27-12-6-11-25-27/h2-13,19,23-24H,14-18H2,1H3. The lowest BCUT2D eigenvalue weighted by molar-refractivity contribution is 0.316. The molecular weight excluding hydrogens is 332 g/mol. The number of benzene rings is 2. The van der Waals surface area contributed by atoms with Crippen LogP contribution in [0, 0.1) is 5.92 Å². The van der Waals surface area contributed by atoms with Crippen LogP contribution in [0.25, 0.3) is 0 Å². The van der Waals surface area contributed by atoms with Crippen molar-refractivity contribution in [3.63, 3.8) is 0 Å². The summed E-state index contributed by atoms with van der Waals surface area (Å²) < 4.78 is 1.97. The Morgan fingerprint density at radius 2 is 1.74 bits per heavy atom. The Balaban J connectivity index is 1.31. The Morgan fingerprint density at radius 1 is 0.926 bits per heavy atom. The monoisotopic (exact) mass is 360 g/mol. The Hall–Kier alpha value is -2.43. The molecule has 3 aromatic rings. The second-order valence-corrected chi connectivity index (χ2v) is 7.67. The highest BCUT2D eigenvalue weighted by Gasteiger charge is 2.28. The third-order valence-electron chi connectivity index (χ3n) is 5.40. The Bertz CT molecular complexity index is 829. The summed E-state index contributed by atoms with van der Waals surface area (Å²) in [5.41, 5.74) is 4.04. The van der Waals surface area contributed by atoms with Crippen molar-refractivity contribution in [2.75, 3.05) is 13.1 Å². The van der Waals surface area contributed by atoms with Gasteiger partial charge in [0.1, 0.15) is 0 Å². The summed E-state index contributed by atoms with van der Waals surface area (Å²) >= 11 is 0. The first-order valence-corrected chi connectivity index (χ1v) is 9.81. The zero-order chi connectivity index (χ0) is 18.5. The van der Waals surface area contributed by atoms with E-state index < -0.39 is 0 Å². The molecular formula is C23H28N4. The highest BCUT2D eigenvalue weighted by molar-refractivity contribution is 5.24. The highest BCUT2D eigenvalue weighted by atomic mass is 15.3. The van der Waals surface area contributed by atoms with Gasteiger partial charge in [-0.2, -0.15) is 5.10 Å². The van der Waals surface area contributed by atoms with E-state index in [1.165, 1.54) is 16.7 Å². The fourth-order valence-corrected chi connectivity index (χ4v) is 3.97. The fraction of sp³-hybridized carbons (Fsp3) is 0.348. The van der Waals surface area contributed by atoms with Crippen LogP contribution in [0.4, 0.5) is 0 Å². The van der Waals surface area contributed by atoms with E-state index in [0.29, 0.717) is 12.0 Å². The zero-order valence-corrected chi connectivity index (χ0v) is 16.0. The zero-order valence-electron chi connectivity index (χ0n) is 16.0. The molecule has 2 unspecified atom stereocenters. The van der Waals surface area contributed by atoms with E-state index in [-0.39, 0.29) is 0 Å². The first-order valence-electron chi connectivity index (χ1n) is 9.81. The maximum absolute atomic E-state index is 4.30. The third-order valence-corrected chi connectivity index (χ3v) is 5.40. The molecule has 27 heavy (non-hydrogen) atoms. The van der Waals surface area contributed by atoms with E-state index in [2.05, 4.69) is 76.8 Å². The lowest BCUT2D eigenvalue weighted by Gasteiger charge is -2.18. The predicted molar refractivity (Wildman–Crippen MR) is 109 cm³/mol. The molecule has 0 aliphatic carbocycles. The molecule has 1 fully saturated rings. The quantitative estimate of drug-likeness (QED) is 0.700. The first kappa shape index (κ1) is 18.0. The smallest absolute Gasteiger partial charge is 0.0659 e. The van der Waals surface area contributed by atoms with Crippen LogP contribution in [-0.4, -0.2) is 33.8 Å². The van der Waals surface area contributed by atoms with Crippen LogP contribution in [0.2, 0.25) is 0 Å². The number of nitrogens with zero attached hydrogens (tertiary/aromatic N) is 3. The molecule has 0 amide bonds. The molecule has 4 rings (SSSR count). The SMILES string of the molecule is CC1CN(Cc2ccccc2)CC1NCc1cccc(Cn2cccn2)c1. The summed E-state index contributed by atoms with van der Waals surface area (Å²) in [5.74, 6) is 0.668. The van der Waals surface area contributed by atoms with Crippen molar-refractivity contribution in [3.05, 3.63) is 89.7 Å². The average Bonchev–Trinajstić information content (AvgIpc) is 3.31. The molecule has 4 nitrogen and oxygen atoms in total. The van der Waals surface area contributed by atoms with Gasteiger partial charge in [-0.3, -0.25) is 9.58 Å². The van der Waals surface area contributed by atoms with Crippen molar-refractivity contribution in [2.45, 2.75) is 32.6 Å². The van der Waals surface area contributed by atoms with Crippen molar-refractivity contribution < 1.29 is 0 Å². The lowest BCUT2D eigenvalue weighted by atomic mass is 10.1. The number of hydrogen-bond donors (Lipinski definition) is 1. The van der Waals surface area contributed by atoms with Gasteiger partial charge in [0.05, 0.1) is 6.54 Å². The van der Waals surface area contributed by atoms with E-state index in [1.807, 2.05) is 23.1 Å². The third kappa shape index (κ3) is 4.85. The number of hydrogen-bond acceptors (Lipinski definition) is 3. The number of likely N-dealkylation sites (tertiary alicyclic amines) is 1. The molecule has 2 heterocycles. The van der Waals surface area contributed by atoms with Crippen LogP contribution in [-0.2, 0) is 19.6 Å². The van der Waals surface area contributed by atoms with Gasteiger partial charge in [-0.05, 0) is 28.7 Å². The van der Waals surface area contributed by atoms with Crippen LogP contribution in [0.3, 0.4) is 0 Å². The van der Waals surface area contributed by atoms with E-state index >= 15 is 0 Å². The van der Waals surface area contributed by atoms with Crippen LogP contribution >= 0.6 is 0 Å². The number of aromatic nitrogens is 2. The minimum atomic E-state index is 0.545. The van der Waals surface area contributed by atoms with E-state index in [4.69, 9.17) is 0 Å². The predicted octanol–water partition coefficient (Wildman–Crippen LogP) is 3.54. The molecule has 1 N–H and O–H groups in total. The van der Waals surface area contributed by atoms with Crippen molar-refractivity contribution in [2.24, 2.45) is 5.92 Å². The van der Waals surface area contributed by atoms with E-state index in [1.54, 1.807) is 0 Å². The van der Waals surface area contributed by atoms with Gasteiger partial charge in [-0.1, -0.05) is 61.5 Å². The lowest BCUT2D eigenvalue weighted by Crippen LogP contribution is -2.35. The molecule has 0 bridgehead atoms. The summed E-state index contributed by atoms with van der Waals surface area (Å²) in [7, 11) is 0. The first-order chi connectivity index (χ1) is 13.3. The Kier molecular flexibility index (Phi) is 5.66. The molecule has 1 aromatic heterocycles. The van der Waals surface area contributed by atoms with Crippen molar-refractivity contribution >= 4 is 0 Å². The summed E-state index contributed by atoms with van der Waals surface area (Å²) in [6.07, 6.45) is 3.83. The van der Waals surface area contributed by atoms with Gasteiger partial charge < -0.3 is 5.32 Å². The highest BCUT2D eigenvalue weighted by Crippen LogP contribution is 2.19. The molecule has 1 saturated heterocycles. The number of nitrogens with one attached hydrogen (secondary N) is 1. The molecule has 1 aliphatic rings. The van der Waals surface area contributed by atoms with Crippen LogP contribution in [0.5, 0.6) is 0 Å². The second-order valence-electron chi connectivity index (χ2n) is 7.67. The van der Waals surface area contributed by atoms with E-state index in [9.17, 15) is 0 Å². The maximum Gasteiger partial charge on any atom is 0.0659 e. The minimum absolute atomic E-state index is 0.545. The summed E-state index contributed by atoms with van der Waals surface area (Å²) in [6.45, 7) is 7.42. The van der Waals surface area contributed by atoms with Gasteiger partial charge in [0.2, 0.25) is 0 Å². The fourth-order valence-electron chi connectivity index (χ4n) is 3.97. The molecule has 0 radical (unpaired) electrons.